The Morgan fingerprint density at radius 3 is 2.75 bits per heavy atom. The number of esters is 1. The van der Waals surface area contributed by atoms with Crippen LogP contribution < -0.4 is 5.32 Å². The molecule has 20 heavy (non-hydrogen) atoms. The van der Waals surface area contributed by atoms with E-state index in [2.05, 4.69) is 12.2 Å². The van der Waals surface area contributed by atoms with Crippen LogP contribution in [0.25, 0.3) is 0 Å². The molecule has 3 nitrogen and oxygen atoms in total. The van der Waals surface area contributed by atoms with Gasteiger partial charge in [-0.1, -0.05) is 43.7 Å². The van der Waals surface area contributed by atoms with Gasteiger partial charge in [-0.3, -0.25) is 4.79 Å². The van der Waals surface area contributed by atoms with Crippen molar-refractivity contribution in [3.05, 3.63) is 35.9 Å². The second-order valence-corrected chi connectivity index (χ2v) is 5.77. The average molecular weight is 275 g/mol. The second-order valence-electron chi connectivity index (χ2n) is 5.77. The molecule has 1 aromatic carbocycles. The molecule has 1 N–H and O–H groups in total. The third kappa shape index (κ3) is 3.40. The van der Waals surface area contributed by atoms with Crippen molar-refractivity contribution in [1.82, 2.24) is 5.32 Å². The van der Waals surface area contributed by atoms with Crippen LogP contribution in [0.1, 0.15) is 51.2 Å². The van der Waals surface area contributed by atoms with Gasteiger partial charge in [0.1, 0.15) is 6.10 Å². The maximum atomic E-state index is 12.6. The first-order chi connectivity index (χ1) is 9.68. The lowest BCUT2D eigenvalue weighted by atomic mass is 9.77. The SMILES string of the molecule is CCCC1(C(=O)OC(C)c2ccccc2)CCCNC1. The molecule has 2 unspecified atom stereocenters. The molecule has 0 aromatic heterocycles. The van der Waals surface area contributed by atoms with Crippen LogP contribution in [0.15, 0.2) is 30.3 Å². The molecular weight excluding hydrogens is 250 g/mol. The zero-order valence-electron chi connectivity index (χ0n) is 12.5. The Morgan fingerprint density at radius 2 is 2.15 bits per heavy atom. The fraction of sp³-hybridized carbons (Fsp3) is 0.588. The molecule has 0 saturated carbocycles. The van der Waals surface area contributed by atoms with E-state index in [0.717, 1.165) is 44.3 Å². The second kappa shape index (κ2) is 6.89. The molecule has 0 bridgehead atoms. The summed E-state index contributed by atoms with van der Waals surface area (Å²) in [6.45, 7) is 5.83. The Balaban J connectivity index is 2.05. The third-order valence-electron chi connectivity index (χ3n) is 4.19. The topological polar surface area (TPSA) is 38.3 Å². The summed E-state index contributed by atoms with van der Waals surface area (Å²) >= 11 is 0. The number of piperidine rings is 1. The number of nitrogens with one attached hydrogen (secondary N) is 1. The molecule has 0 spiro atoms. The Bertz CT molecular complexity index is 418. The summed E-state index contributed by atoms with van der Waals surface area (Å²) in [4.78, 5) is 12.6. The highest BCUT2D eigenvalue weighted by atomic mass is 16.5. The molecular formula is C17H25NO2. The molecule has 1 aromatic rings. The van der Waals surface area contributed by atoms with Crippen LogP contribution in [0.2, 0.25) is 0 Å². The van der Waals surface area contributed by atoms with Crippen LogP contribution in [0, 0.1) is 5.41 Å². The molecule has 2 rings (SSSR count). The molecule has 0 amide bonds. The average Bonchev–Trinajstić information content (AvgIpc) is 2.49. The molecule has 1 aliphatic heterocycles. The van der Waals surface area contributed by atoms with Crippen molar-refractivity contribution in [2.24, 2.45) is 5.41 Å². The number of rotatable bonds is 5. The van der Waals surface area contributed by atoms with Gasteiger partial charge in [0.2, 0.25) is 0 Å². The summed E-state index contributed by atoms with van der Waals surface area (Å²) in [7, 11) is 0. The number of carbonyl (C=O) groups excluding carboxylic acids is 1. The lowest BCUT2D eigenvalue weighted by Gasteiger charge is -2.36. The highest BCUT2D eigenvalue weighted by Gasteiger charge is 2.40. The van der Waals surface area contributed by atoms with Crippen molar-refractivity contribution >= 4 is 5.97 Å². The van der Waals surface area contributed by atoms with Crippen LogP contribution in [0.5, 0.6) is 0 Å². The van der Waals surface area contributed by atoms with E-state index in [9.17, 15) is 4.79 Å². The van der Waals surface area contributed by atoms with Gasteiger partial charge in [0.25, 0.3) is 0 Å². The van der Waals surface area contributed by atoms with Gasteiger partial charge in [0.15, 0.2) is 0 Å². The van der Waals surface area contributed by atoms with Crippen molar-refractivity contribution < 1.29 is 9.53 Å². The molecule has 0 radical (unpaired) electrons. The van der Waals surface area contributed by atoms with E-state index >= 15 is 0 Å². The minimum atomic E-state index is -0.323. The van der Waals surface area contributed by atoms with Gasteiger partial charge in [-0.15, -0.1) is 0 Å². The maximum absolute atomic E-state index is 12.6. The predicted octanol–water partition coefficient (Wildman–Crippen LogP) is 3.46. The summed E-state index contributed by atoms with van der Waals surface area (Å²) in [5, 5.41) is 3.35. The normalized spacial score (nSPS) is 24.1. The minimum Gasteiger partial charge on any atom is -0.457 e. The first-order valence-corrected chi connectivity index (χ1v) is 7.65. The van der Waals surface area contributed by atoms with E-state index < -0.39 is 0 Å². The van der Waals surface area contributed by atoms with Crippen LogP contribution >= 0.6 is 0 Å². The molecule has 0 aliphatic carbocycles. The Morgan fingerprint density at radius 1 is 1.40 bits per heavy atom. The van der Waals surface area contributed by atoms with Gasteiger partial charge in [0, 0.05) is 6.54 Å². The predicted molar refractivity (Wildman–Crippen MR) is 80.4 cm³/mol. The number of benzene rings is 1. The fourth-order valence-electron chi connectivity index (χ4n) is 3.01. The Labute approximate surface area is 121 Å². The molecule has 3 heteroatoms. The molecule has 1 saturated heterocycles. The summed E-state index contributed by atoms with van der Waals surface area (Å²) in [6.07, 6.45) is 3.72. The first-order valence-electron chi connectivity index (χ1n) is 7.65. The number of carbonyl (C=O) groups is 1. The zero-order valence-corrected chi connectivity index (χ0v) is 12.5. The van der Waals surface area contributed by atoms with E-state index in [4.69, 9.17) is 4.74 Å². The number of ether oxygens (including phenoxy) is 1. The van der Waals surface area contributed by atoms with E-state index in [1.165, 1.54) is 0 Å². The van der Waals surface area contributed by atoms with Crippen LogP contribution in [0.4, 0.5) is 0 Å². The van der Waals surface area contributed by atoms with Gasteiger partial charge in [0.05, 0.1) is 5.41 Å². The van der Waals surface area contributed by atoms with Gasteiger partial charge in [-0.25, -0.2) is 0 Å². The van der Waals surface area contributed by atoms with Crippen molar-refractivity contribution in [2.75, 3.05) is 13.1 Å². The number of hydrogen-bond acceptors (Lipinski definition) is 3. The van der Waals surface area contributed by atoms with E-state index in [0.29, 0.717) is 0 Å². The Hall–Kier alpha value is -1.35. The molecule has 1 fully saturated rings. The van der Waals surface area contributed by atoms with Gasteiger partial charge in [-0.2, -0.15) is 0 Å². The van der Waals surface area contributed by atoms with Gasteiger partial charge < -0.3 is 10.1 Å². The first kappa shape index (κ1) is 15.0. The third-order valence-corrected chi connectivity index (χ3v) is 4.19. The summed E-state index contributed by atoms with van der Waals surface area (Å²) < 4.78 is 5.75. The quantitative estimate of drug-likeness (QED) is 0.836. The standard InChI is InChI=1S/C17H25NO2/c1-3-10-17(11-7-12-18-13-17)16(19)20-14(2)15-8-5-4-6-9-15/h4-6,8-9,14,18H,3,7,10-13H2,1-2H3. The summed E-state index contributed by atoms with van der Waals surface area (Å²) in [6, 6.07) is 9.93. The van der Waals surface area contributed by atoms with Crippen molar-refractivity contribution in [2.45, 2.75) is 45.6 Å². The maximum Gasteiger partial charge on any atom is 0.313 e. The largest absolute Gasteiger partial charge is 0.457 e. The van der Waals surface area contributed by atoms with E-state index in [1.807, 2.05) is 37.3 Å². The smallest absolute Gasteiger partial charge is 0.313 e. The minimum absolute atomic E-state index is 0.0390. The number of hydrogen-bond donors (Lipinski definition) is 1. The molecule has 2 atom stereocenters. The van der Waals surface area contributed by atoms with E-state index in [-0.39, 0.29) is 17.5 Å². The fourth-order valence-corrected chi connectivity index (χ4v) is 3.01. The molecule has 1 heterocycles. The Kier molecular flexibility index (Phi) is 5.18. The molecule has 1 aliphatic rings. The van der Waals surface area contributed by atoms with E-state index in [1.54, 1.807) is 0 Å². The van der Waals surface area contributed by atoms with Gasteiger partial charge in [-0.05, 0) is 38.3 Å². The lowest BCUT2D eigenvalue weighted by Crippen LogP contribution is -2.46. The monoisotopic (exact) mass is 275 g/mol. The zero-order chi connectivity index (χ0) is 14.4. The van der Waals surface area contributed by atoms with Gasteiger partial charge >= 0.3 is 5.97 Å². The van der Waals surface area contributed by atoms with Crippen LogP contribution in [-0.4, -0.2) is 19.1 Å². The van der Waals surface area contributed by atoms with Crippen LogP contribution in [-0.2, 0) is 9.53 Å². The summed E-state index contributed by atoms with van der Waals surface area (Å²) in [5.74, 6) is -0.0390. The van der Waals surface area contributed by atoms with Crippen molar-refractivity contribution in [1.29, 1.82) is 0 Å². The highest BCUT2D eigenvalue weighted by molar-refractivity contribution is 5.77. The van der Waals surface area contributed by atoms with Crippen LogP contribution in [0.3, 0.4) is 0 Å². The van der Waals surface area contributed by atoms with Crippen molar-refractivity contribution in [3.8, 4) is 0 Å². The summed E-state index contributed by atoms with van der Waals surface area (Å²) in [5.41, 5.74) is 0.729. The lowest BCUT2D eigenvalue weighted by molar-refractivity contribution is -0.163. The highest BCUT2D eigenvalue weighted by Crippen LogP contribution is 2.34. The van der Waals surface area contributed by atoms with Crippen molar-refractivity contribution in [3.63, 3.8) is 0 Å². The molecule has 110 valence electrons.